The monoisotopic (exact) mass is 245 g/mol. The van der Waals surface area contributed by atoms with Gasteiger partial charge in [-0.05, 0) is 42.5 Å². The van der Waals surface area contributed by atoms with Crippen LogP contribution in [0.5, 0.6) is 0 Å². The number of hydrogen-bond acceptors (Lipinski definition) is 2. The van der Waals surface area contributed by atoms with Gasteiger partial charge in [0.15, 0.2) is 0 Å². The minimum absolute atomic E-state index is 0.635. The Bertz CT molecular complexity index is 485. The third-order valence-corrected chi connectivity index (χ3v) is 4.39. The van der Waals surface area contributed by atoms with E-state index >= 15 is 0 Å². The quantitative estimate of drug-likeness (QED) is 0.801. The van der Waals surface area contributed by atoms with Crippen molar-refractivity contribution in [3.63, 3.8) is 0 Å². The summed E-state index contributed by atoms with van der Waals surface area (Å²) in [6, 6.07) is 12.6. The standard InChI is InChI=1S/C15H19NS/c1-11(2)15-10-9-13(17-15)8-7-12-5-3-4-6-14(12)16/h3-6,9-11H,7-8,16H2,1-2H3. The second-order valence-corrected chi connectivity index (χ2v) is 5.86. The molecule has 0 unspecified atom stereocenters. The van der Waals surface area contributed by atoms with Gasteiger partial charge in [0.05, 0.1) is 0 Å². The average Bonchev–Trinajstić information content (AvgIpc) is 2.77. The Morgan fingerprint density at radius 1 is 1.06 bits per heavy atom. The third-order valence-electron chi connectivity index (χ3n) is 2.95. The molecule has 0 aliphatic carbocycles. The molecule has 2 heteroatoms. The molecule has 0 saturated heterocycles. The average molecular weight is 245 g/mol. The van der Waals surface area contributed by atoms with Crippen molar-refractivity contribution in [1.82, 2.24) is 0 Å². The smallest absolute Gasteiger partial charge is 0.0346 e. The molecule has 0 aliphatic heterocycles. The minimum atomic E-state index is 0.635. The molecule has 0 bridgehead atoms. The van der Waals surface area contributed by atoms with Crippen LogP contribution in [-0.4, -0.2) is 0 Å². The van der Waals surface area contributed by atoms with Crippen molar-refractivity contribution >= 4 is 17.0 Å². The van der Waals surface area contributed by atoms with Gasteiger partial charge in [-0.25, -0.2) is 0 Å². The summed E-state index contributed by atoms with van der Waals surface area (Å²) in [5, 5.41) is 0. The molecule has 0 saturated carbocycles. The largest absolute Gasteiger partial charge is 0.399 e. The fourth-order valence-corrected chi connectivity index (χ4v) is 2.87. The summed E-state index contributed by atoms with van der Waals surface area (Å²) in [4.78, 5) is 2.93. The Hall–Kier alpha value is -1.28. The van der Waals surface area contributed by atoms with Crippen molar-refractivity contribution in [2.75, 3.05) is 5.73 Å². The van der Waals surface area contributed by atoms with Crippen LogP contribution < -0.4 is 5.73 Å². The van der Waals surface area contributed by atoms with Gasteiger partial charge in [-0.15, -0.1) is 11.3 Å². The van der Waals surface area contributed by atoms with Crippen LogP contribution >= 0.6 is 11.3 Å². The van der Waals surface area contributed by atoms with Gasteiger partial charge in [0.1, 0.15) is 0 Å². The predicted molar refractivity (Wildman–Crippen MR) is 76.7 cm³/mol. The maximum Gasteiger partial charge on any atom is 0.0346 e. The van der Waals surface area contributed by atoms with E-state index in [1.54, 1.807) is 0 Å². The lowest BCUT2D eigenvalue weighted by atomic mass is 10.1. The van der Waals surface area contributed by atoms with Crippen molar-refractivity contribution < 1.29 is 0 Å². The van der Waals surface area contributed by atoms with E-state index in [1.807, 2.05) is 23.5 Å². The highest BCUT2D eigenvalue weighted by Crippen LogP contribution is 2.25. The predicted octanol–water partition coefficient (Wildman–Crippen LogP) is 4.24. The van der Waals surface area contributed by atoms with Crippen LogP contribution in [0.3, 0.4) is 0 Å². The van der Waals surface area contributed by atoms with Crippen LogP contribution in [0.15, 0.2) is 36.4 Å². The maximum absolute atomic E-state index is 5.94. The molecule has 0 fully saturated rings. The van der Waals surface area contributed by atoms with E-state index in [9.17, 15) is 0 Å². The zero-order valence-corrected chi connectivity index (χ0v) is 11.3. The number of nitrogen functional groups attached to an aromatic ring is 1. The van der Waals surface area contributed by atoms with Gasteiger partial charge >= 0.3 is 0 Å². The Kier molecular flexibility index (Phi) is 3.85. The molecule has 1 nitrogen and oxygen atoms in total. The topological polar surface area (TPSA) is 26.0 Å². The molecule has 1 heterocycles. The second kappa shape index (κ2) is 5.37. The van der Waals surface area contributed by atoms with E-state index < -0.39 is 0 Å². The lowest BCUT2D eigenvalue weighted by molar-refractivity contribution is 0.890. The summed E-state index contributed by atoms with van der Waals surface area (Å²) in [6.07, 6.45) is 2.12. The summed E-state index contributed by atoms with van der Waals surface area (Å²) >= 11 is 1.93. The normalized spacial score (nSPS) is 11.0. The van der Waals surface area contributed by atoms with Gasteiger partial charge in [0.2, 0.25) is 0 Å². The number of benzene rings is 1. The zero-order valence-electron chi connectivity index (χ0n) is 10.4. The zero-order chi connectivity index (χ0) is 12.3. The number of rotatable bonds is 4. The van der Waals surface area contributed by atoms with Gasteiger partial charge in [-0.1, -0.05) is 32.0 Å². The molecule has 1 aromatic carbocycles. The second-order valence-electron chi connectivity index (χ2n) is 4.66. The van der Waals surface area contributed by atoms with E-state index in [0.717, 1.165) is 18.5 Å². The lowest BCUT2D eigenvalue weighted by Gasteiger charge is -2.03. The van der Waals surface area contributed by atoms with Gasteiger partial charge < -0.3 is 5.73 Å². The molecule has 17 heavy (non-hydrogen) atoms. The number of anilines is 1. The van der Waals surface area contributed by atoms with Gasteiger partial charge in [0, 0.05) is 15.4 Å². The Balaban J connectivity index is 2.00. The molecule has 90 valence electrons. The van der Waals surface area contributed by atoms with Crippen molar-refractivity contribution in [2.45, 2.75) is 32.6 Å². The number of hydrogen-bond donors (Lipinski definition) is 1. The molecular formula is C15H19NS. The van der Waals surface area contributed by atoms with Crippen LogP contribution in [0, 0.1) is 0 Å². The number of nitrogens with two attached hydrogens (primary N) is 1. The van der Waals surface area contributed by atoms with Crippen molar-refractivity contribution in [3.8, 4) is 0 Å². The SMILES string of the molecule is CC(C)c1ccc(CCc2ccccc2N)s1. The number of aryl methyl sites for hydroxylation is 2. The van der Waals surface area contributed by atoms with Crippen LogP contribution in [-0.2, 0) is 12.8 Å². The van der Waals surface area contributed by atoms with E-state index in [4.69, 9.17) is 5.73 Å². The molecule has 2 N–H and O–H groups in total. The summed E-state index contributed by atoms with van der Waals surface area (Å²) in [5.41, 5.74) is 8.11. The first-order valence-electron chi connectivity index (χ1n) is 6.09. The first-order valence-corrected chi connectivity index (χ1v) is 6.90. The Morgan fingerprint density at radius 3 is 2.47 bits per heavy atom. The van der Waals surface area contributed by atoms with Gasteiger partial charge in [-0.2, -0.15) is 0 Å². The van der Waals surface area contributed by atoms with Crippen molar-refractivity contribution in [3.05, 3.63) is 51.7 Å². The molecule has 0 atom stereocenters. The van der Waals surface area contributed by atoms with Gasteiger partial charge in [-0.3, -0.25) is 0 Å². The summed E-state index contributed by atoms with van der Waals surface area (Å²) in [5.74, 6) is 0.635. The highest BCUT2D eigenvalue weighted by Gasteiger charge is 2.05. The maximum atomic E-state index is 5.94. The highest BCUT2D eigenvalue weighted by atomic mass is 32.1. The van der Waals surface area contributed by atoms with Gasteiger partial charge in [0.25, 0.3) is 0 Å². The van der Waals surface area contributed by atoms with Crippen LogP contribution in [0.4, 0.5) is 5.69 Å². The van der Waals surface area contributed by atoms with E-state index in [0.29, 0.717) is 5.92 Å². The van der Waals surface area contributed by atoms with Crippen LogP contribution in [0.25, 0.3) is 0 Å². The molecule has 0 radical (unpaired) electrons. The minimum Gasteiger partial charge on any atom is -0.399 e. The molecular weight excluding hydrogens is 226 g/mol. The summed E-state index contributed by atoms with van der Waals surface area (Å²) in [6.45, 7) is 4.48. The fourth-order valence-electron chi connectivity index (χ4n) is 1.86. The number of para-hydroxylation sites is 1. The Labute approximate surface area is 107 Å². The summed E-state index contributed by atoms with van der Waals surface area (Å²) < 4.78 is 0. The Morgan fingerprint density at radius 2 is 1.82 bits per heavy atom. The van der Waals surface area contributed by atoms with E-state index in [2.05, 4.69) is 38.1 Å². The van der Waals surface area contributed by atoms with E-state index in [1.165, 1.54) is 15.3 Å². The first kappa shape index (κ1) is 12.2. The van der Waals surface area contributed by atoms with Crippen LogP contribution in [0.2, 0.25) is 0 Å². The third kappa shape index (κ3) is 3.10. The first-order chi connectivity index (χ1) is 8.16. The van der Waals surface area contributed by atoms with Crippen molar-refractivity contribution in [1.29, 1.82) is 0 Å². The molecule has 0 spiro atoms. The van der Waals surface area contributed by atoms with Crippen LogP contribution in [0.1, 0.15) is 35.1 Å². The molecule has 0 amide bonds. The van der Waals surface area contributed by atoms with Crippen molar-refractivity contribution in [2.24, 2.45) is 0 Å². The summed E-state index contributed by atoms with van der Waals surface area (Å²) in [7, 11) is 0. The highest BCUT2D eigenvalue weighted by molar-refractivity contribution is 7.12. The number of thiophene rings is 1. The molecule has 1 aromatic heterocycles. The lowest BCUT2D eigenvalue weighted by Crippen LogP contribution is -1.95. The molecule has 0 aliphatic rings. The molecule has 2 aromatic rings. The molecule has 2 rings (SSSR count). The fraction of sp³-hybridized carbons (Fsp3) is 0.333. The van der Waals surface area contributed by atoms with E-state index in [-0.39, 0.29) is 0 Å².